The van der Waals surface area contributed by atoms with Crippen molar-refractivity contribution in [2.24, 2.45) is 0 Å². The van der Waals surface area contributed by atoms with Crippen molar-refractivity contribution in [2.75, 3.05) is 11.9 Å². The summed E-state index contributed by atoms with van der Waals surface area (Å²) in [5.41, 5.74) is 3.79. The van der Waals surface area contributed by atoms with Crippen LogP contribution in [0.1, 0.15) is 27.8 Å². The van der Waals surface area contributed by atoms with Gasteiger partial charge in [-0.3, -0.25) is 9.89 Å². The Hall–Kier alpha value is -5.13. The van der Waals surface area contributed by atoms with Crippen LogP contribution < -0.4 is 10.1 Å². The molecule has 38 heavy (non-hydrogen) atoms. The fourth-order valence-corrected chi connectivity index (χ4v) is 3.81. The first-order chi connectivity index (χ1) is 18.4. The average Bonchev–Trinajstić information content (AvgIpc) is 3.57. The fourth-order valence-electron chi connectivity index (χ4n) is 3.81. The molecule has 5 rings (SSSR count). The lowest BCUT2D eigenvalue weighted by atomic mass is 10.1. The first-order valence-corrected chi connectivity index (χ1v) is 11.4. The van der Waals surface area contributed by atoms with E-state index in [9.17, 15) is 18.4 Å². The number of hydrogen-bond acceptors (Lipinski definition) is 7. The lowest BCUT2D eigenvalue weighted by Gasteiger charge is -2.08. The number of nitrogens with one attached hydrogen (secondary N) is 2. The Kier molecular flexibility index (Phi) is 6.76. The number of ether oxygens (including phenoxy) is 2. The number of fused-ring (bicyclic) bond motifs is 1. The van der Waals surface area contributed by atoms with E-state index < -0.39 is 18.5 Å². The summed E-state index contributed by atoms with van der Waals surface area (Å²) < 4.78 is 35.7. The summed E-state index contributed by atoms with van der Waals surface area (Å²) in [6.07, 6.45) is 2.98. The maximum absolute atomic E-state index is 12.9. The van der Waals surface area contributed by atoms with Crippen molar-refractivity contribution in [1.29, 1.82) is 0 Å². The van der Waals surface area contributed by atoms with Gasteiger partial charge in [0.1, 0.15) is 17.0 Å². The number of hydrogen-bond donors (Lipinski definition) is 2. The lowest BCUT2D eigenvalue weighted by molar-refractivity contribution is -0.0498. The molecule has 0 bridgehead atoms. The maximum Gasteiger partial charge on any atom is 0.387 e. The Morgan fingerprint density at radius 2 is 1.89 bits per heavy atom. The molecule has 0 aliphatic rings. The van der Waals surface area contributed by atoms with Gasteiger partial charge < -0.3 is 14.8 Å². The number of carbonyl (C=O) groups is 2. The zero-order chi connectivity index (χ0) is 26.6. The van der Waals surface area contributed by atoms with Crippen molar-refractivity contribution in [3.63, 3.8) is 0 Å². The normalized spacial score (nSPS) is 11.1. The molecule has 0 saturated heterocycles. The van der Waals surface area contributed by atoms with Gasteiger partial charge in [0.05, 0.1) is 24.2 Å². The Labute approximate surface area is 214 Å². The average molecular weight is 518 g/mol. The molecule has 12 heteroatoms. The van der Waals surface area contributed by atoms with E-state index in [1.165, 1.54) is 22.8 Å². The number of amides is 1. The number of halogens is 2. The molecule has 192 valence electrons. The summed E-state index contributed by atoms with van der Waals surface area (Å²) in [4.78, 5) is 29.4. The topological polar surface area (TPSA) is 123 Å². The Bertz CT molecular complexity index is 1610. The molecule has 0 spiro atoms. The van der Waals surface area contributed by atoms with Crippen LogP contribution in [-0.2, 0) is 4.74 Å². The molecule has 5 aromatic rings. The highest BCUT2D eigenvalue weighted by Crippen LogP contribution is 2.25. The molecular formula is C26H20F2N6O4. The van der Waals surface area contributed by atoms with Crippen molar-refractivity contribution in [3.8, 4) is 28.3 Å². The minimum absolute atomic E-state index is 0.0239. The quantitative estimate of drug-likeness (QED) is 0.282. The van der Waals surface area contributed by atoms with Gasteiger partial charge in [-0.2, -0.15) is 19.0 Å². The number of esters is 1. The van der Waals surface area contributed by atoms with Gasteiger partial charge in [-0.25, -0.2) is 14.3 Å². The summed E-state index contributed by atoms with van der Waals surface area (Å²) in [6.45, 7) is -0.957. The van der Waals surface area contributed by atoms with Gasteiger partial charge in [-0.1, -0.05) is 12.1 Å². The standard InChI is InChI=1S/C26H20F2N6O4/c1-2-37-25(36)19-14-30-34-22(10-11-29-23(19)34)16-4-3-5-17(12-16)31-24(35)21-13-20(32-33-21)15-6-8-18(9-7-15)38-26(27)28/h3-14,26H,2H2,1H3,(H,31,35)(H,32,33). The van der Waals surface area contributed by atoms with Crippen molar-refractivity contribution in [1.82, 2.24) is 24.8 Å². The van der Waals surface area contributed by atoms with E-state index in [0.29, 0.717) is 28.3 Å². The molecule has 2 aromatic carbocycles. The second-order valence-corrected chi connectivity index (χ2v) is 7.95. The van der Waals surface area contributed by atoms with E-state index >= 15 is 0 Å². The number of nitrogens with zero attached hydrogens (tertiary/aromatic N) is 4. The highest BCUT2D eigenvalue weighted by molar-refractivity contribution is 6.03. The number of carbonyl (C=O) groups excluding carboxylic acids is 2. The van der Waals surface area contributed by atoms with E-state index in [0.717, 1.165) is 5.56 Å². The summed E-state index contributed by atoms with van der Waals surface area (Å²) in [5.74, 6) is -0.914. The highest BCUT2D eigenvalue weighted by atomic mass is 19.3. The fraction of sp³-hybridized carbons (Fsp3) is 0.115. The van der Waals surface area contributed by atoms with Crippen molar-refractivity contribution >= 4 is 23.2 Å². The summed E-state index contributed by atoms with van der Waals surface area (Å²) in [6, 6.07) is 16.3. The molecule has 0 radical (unpaired) electrons. The third-order valence-electron chi connectivity index (χ3n) is 5.51. The highest BCUT2D eigenvalue weighted by Gasteiger charge is 2.18. The molecule has 0 atom stereocenters. The molecule has 0 fully saturated rings. The predicted molar refractivity (Wildman–Crippen MR) is 133 cm³/mol. The van der Waals surface area contributed by atoms with Crippen LogP contribution in [0.25, 0.3) is 28.2 Å². The molecule has 0 aliphatic heterocycles. The second kappa shape index (κ2) is 10.5. The summed E-state index contributed by atoms with van der Waals surface area (Å²) >= 11 is 0. The first-order valence-electron chi connectivity index (χ1n) is 11.4. The Morgan fingerprint density at radius 3 is 2.66 bits per heavy atom. The van der Waals surface area contributed by atoms with E-state index in [1.807, 2.05) is 6.07 Å². The van der Waals surface area contributed by atoms with Crippen LogP contribution in [0.5, 0.6) is 5.75 Å². The van der Waals surface area contributed by atoms with Crippen LogP contribution in [0, 0.1) is 0 Å². The molecule has 0 unspecified atom stereocenters. The van der Waals surface area contributed by atoms with Crippen LogP contribution >= 0.6 is 0 Å². The number of aromatic nitrogens is 5. The van der Waals surface area contributed by atoms with Gasteiger partial charge in [-0.05, 0) is 55.5 Å². The number of alkyl halides is 2. The summed E-state index contributed by atoms with van der Waals surface area (Å²) in [5, 5.41) is 13.9. The molecule has 0 saturated carbocycles. The van der Waals surface area contributed by atoms with Gasteiger partial charge in [-0.15, -0.1) is 0 Å². The summed E-state index contributed by atoms with van der Waals surface area (Å²) in [7, 11) is 0. The molecule has 0 aliphatic carbocycles. The minimum atomic E-state index is -2.91. The zero-order valence-corrected chi connectivity index (χ0v) is 19.9. The Balaban J connectivity index is 1.34. The molecule has 3 heterocycles. The number of H-pyrrole nitrogens is 1. The van der Waals surface area contributed by atoms with Gasteiger partial charge in [0.25, 0.3) is 5.91 Å². The van der Waals surface area contributed by atoms with Crippen molar-refractivity contribution in [3.05, 3.63) is 84.3 Å². The van der Waals surface area contributed by atoms with Gasteiger partial charge in [0, 0.05) is 23.0 Å². The maximum atomic E-state index is 12.9. The molecule has 2 N–H and O–H groups in total. The number of rotatable bonds is 8. The van der Waals surface area contributed by atoms with E-state index in [2.05, 4.69) is 30.3 Å². The monoisotopic (exact) mass is 518 g/mol. The SMILES string of the molecule is CCOC(=O)c1cnn2c(-c3cccc(NC(=O)c4cc(-c5ccc(OC(F)F)cc5)n[nH]4)c3)ccnc12. The van der Waals surface area contributed by atoms with Crippen LogP contribution in [-0.4, -0.2) is 49.9 Å². The van der Waals surface area contributed by atoms with E-state index in [-0.39, 0.29) is 23.6 Å². The number of aromatic amines is 1. The third-order valence-corrected chi connectivity index (χ3v) is 5.51. The third kappa shape index (κ3) is 5.05. The predicted octanol–water partition coefficient (Wildman–Crippen LogP) is 4.82. The van der Waals surface area contributed by atoms with Crippen molar-refractivity contribution in [2.45, 2.75) is 13.5 Å². The zero-order valence-electron chi connectivity index (χ0n) is 19.9. The minimum Gasteiger partial charge on any atom is -0.462 e. The van der Waals surface area contributed by atoms with Crippen molar-refractivity contribution < 1.29 is 27.8 Å². The molecule has 3 aromatic heterocycles. The number of benzene rings is 2. The largest absolute Gasteiger partial charge is 0.462 e. The van der Waals surface area contributed by atoms with Crippen LogP contribution in [0.15, 0.2) is 73.1 Å². The van der Waals surface area contributed by atoms with Gasteiger partial charge in [0.2, 0.25) is 0 Å². The number of anilines is 1. The lowest BCUT2D eigenvalue weighted by Crippen LogP contribution is -2.12. The molecular weight excluding hydrogens is 498 g/mol. The molecule has 1 amide bonds. The first kappa shape index (κ1) is 24.6. The van der Waals surface area contributed by atoms with E-state index in [4.69, 9.17) is 4.74 Å². The van der Waals surface area contributed by atoms with Gasteiger partial charge in [0.15, 0.2) is 5.65 Å². The van der Waals surface area contributed by atoms with Crippen LogP contribution in [0.4, 0.5) is 14.5 Å². The van der Waals surface area contributed by atoms with E-state index in [1.54, 1.807) is 55.6 Å². The Morgan fingerprint density at radius 1 is 1.08 bits per heavy atom. The second-order valence-electron chi connectivity index (χ2n) is 7.95. The van der Waals surface area contributed by atoms with Gasteiger partial charge >= 0.3 is 12.6 Å². The van der Waals surface area contributed by atoms with Crippen LogP contribution in [0.2, 0.25) is 0 Å². The molecule has 10 nitrogen and oxygen atoms in total. The smallest absolute Gasteiger partial charge is 0.387 e. The van der Waals surface area contributed by atoms with Crippen LogP contribution in [0.3, 0.4) is 0 Å².